The molecule has 5 heteroatoms. The van der Waals surface area contributed by atoms with Crippen molar-refractivity contribution in [2.75, 3.05) is 5.75 Å². The third kappa shape index (κ3) is 6.71. The molecule has 0 fully saturated rings. The van der Waals surface area contributed by atoms with Crippen molar-refractivity contribution in [1.82, 2.24) is 0 Å². The molecule has 0 aromatic heterocycles. The molecule has 0 saturated heterocycles. The van der Waals surface area contributed by atoms with Crippen LogP contribution in [0.25, 0.3) is 0 Å². The molecule has 3 nitrogen and oxygen atoms in total. The first kappa shape index (κ1) is 8.71. The van der Waals surface area contributed by atoms with Crippen molar-refractivity contribution in [2.45, 2.75) is 10.9 Å². The second-order valence-electron chi connectivity index (χ2n) is 1.39. The SMILES string of the molecule is O=S(=O)(O)CC[CH2][Sn]. The zero-order valence-electron chi connectivity index (χ0n) is 4.29. The maximum absolute atomic E-state index is 9.96. The Morgan fingerprint density at radius 2 is 2.00 bits per heavy atom. The van der Waals surface area contributed by atoms with Gasteiger partial charge < -0.3 is 0 Å². The molecule has 0 aliphatic heterocycles. The van der Waals surface area contributed by atoms with Crippen molar-refractivity contribution in [3.8, 4) is 0 Å². The van der Waals surface area contributed by atoms with Crippen LogP contribution in [0, 0.1) is 0 Å². The van der Waals surface area contributed by atoms with Crippen molar-refractivity contribution in [2.24, 2.45) is 0 Å². The molecular weight excluding hydrogens is 235 g/mol. The molecule has 0 unspecified atom stereocenters. The first-order chi connectivity index (χ1) is 3.56. The van der Waals surface area contributed by atoms with Crippen LogP contribution >= 0.6 is 0 Å². The van der Waals surface area contributed by atoms with Gasteiger partial charge in [-0.1, -0.05) is 0 Å². The monoisotopic (exact) mass is 243 g/mol. The van der Waals surface area contributed by atoms with Gasteiger partial charge in [-0.2, -0.15) is 0 Å². The molecule has 0 spiro atoms. The third-order valence-corrected chi connectivity index (χ3v) is 2.39. The Labute approximate surface area is 62.3 Å². The topological polar surface area (TPSA) is 54.4 Å². The Morgan fingerprint density at radius 3 is 2.12 bits per heavy atom. The standard InChI is InChI=1S/C3H7O3S.Sn/c1-2-3-7(4,5)6;/h1-3H2,(H,4,5,6);. The first-order valence-corrected chi connectivity index (χ1v) is 5.79. The van der Waals surface area contributed by atoms with E-state index in [1.165, 1.54) is 22.5 Å². The Kier molecular flexibility index (Phi) is 4.01. The average Bonchev–Trinajstić information content (AvgIpc) is 1.59. The molecule has 0 aromatic rings. The molecule has 0 rings (SSSR count). The van der Waals surface area contributed by atoms with E-state index in [-0.39, 0.29) is 5.75 Å². The molecule has 0 aliphatic rings. The van der Waals surface area contributed by atoms with Gasteiger partial charge in [0.2, 0.25) is 0 Å². The summed E-state index contributed by atoms with van der Waals surface area (Å²) >= 11 is 1.31. The summed E-state index contributed by atoms with van der Waals surface area (Å²) in [6, 6.07) is 0. The van der Waals surface area contributed by atoms with Gasteiger partial charge in [0.1, 0.15) is 0 Å². The van der Waals surface area contributed by atoms with Crippen LogP contribution in [0.4, 0.5) is 0 Å². The van der Waals surface area contributed by atoms with Gasteiger partial charge in [-0.05, 0) is 0 Å². The summed E-state index contributed by atoms with van der Waals surface area (Å²) in [5.41, 5.74) is 0. The predicted molar refractivity (Wildman–Crippen MR) is 31.6 cm³/mol. The molecule has 0 bridgehead atoms. The number of rotatable bonds is 3. The summed E-state index contributed by atoms with van der Waals surface area (Å²) in [5.74, 6) is -0.0851. The van der Waals surface area contributed by atoms with Gasteiger partial charge in [0.05, 0.1) is 0 Å². The summed E-state index contributed by atoms with van der Waals surface area (Å²) < 4.78 is 28.9. The van der Waals surface area contributed by atoms with Gasteiger partial charge in [0, 0.05) is 0 Å². The third-order valence-electron chi connectivity index (χ3n) is 0.579. The van der Waals surface area contributed by atoms with Gasteiger partial charge in [-0.3, -0.25) is 0 Å². The quantitative estimate of drug-likeness (QED) is 0.553. The Morgan fingerprint density at radius 1 is 1.50 bits per heavy atom. The van der Waals surface area contributed by atoms with Crippen LogP contribution in [0.5, 0.6) is 0 Å². The molecule has 3 radical (unpaired) electrons. The zero-order valence-corrected chi connectivity index (χ0v) is 7.96. The van der Waals surface area contributed by atoms with E-state index in [0.717, 1.165) is 4.44 Å². The van der Waals surface area contributed by atoms with E-state index in [2.05, 4.69) is 0 Å². The maximum atomic E-state index is 9.96. The summed E-state index contributed by atoms with van der Waals surface area (Å²) in [7, 11) is -3.67. The van der Waals surface area contributed by atoms with Crippen LogP contribution in [0.3, 0.4) is 0 Å². The van der Waals surface area contributed by atoms with Gasteiger partial charge in [0.15, 0.2) is 0 Å². The van der Waals surface area contributed by atoms with Crippen molar-refractivity contribution >= 4 is 32.6 Å². The van der Waals surface area contributed by atoms with Crippen molar-refractivity contribution in [3.05, 3.63) is 0 Å². The van der Waals surface area contributed by atoms with E-state index >= 15 is 0 Å². The van der Waals surface area contributed by atoms with E-state index in [4.69, 9.17) is 4.55 Å². The second kappa shape index (κ2) is 3.68. The fourth-order valence-electron chi connectivity index (χ4n) is 0.255. The second-order valence-corrected chi connectivity index (χ2v) is 4.39. The molecule has 0 heterocycles. The first-order valence-electron chi connectivity index (χ1n) is 2.16. The number of hydrogen-bond acceptors (Lipinski definition) is 2. The fourth-order valence-corrected chi connectivity index (χ4v) is 2.00. The minimum atomic E-state index is -3.67. The molecule has 0 atom stereocenters. The Balaban J connectivity index is 3.42. The molecule has 8 heavy (non-hydrogen) atoms. The van der Waals surface area contributed by atoms with Crippen LogP contribution in [0.1, 0.15) is 6.42 Å². The summed E-state index contributed by atoms with van der Waals surface area (Å²) in [5, 5.41) is 0. The van der Waals surface area contributed by atoms with Crippen molar-refractivity contribution < 1.29 is 13.0 Å². The zero-order chi connectivity index (χ0) is 6.62. The van der Waals surface area contributed by atoms with Crippen LogP contribution in [0.15, 0.2) is 0 Å². The molecule has 0 aromatic carbocycles. The van der Waals surface area contributed by atoms with E-state index in [1.807, 2.05) is 0 Å². The van der Waals surface area contributed by atoms with Crippen LogP contribution in [0.2, 0.25) is 4.44 Å². The minimum absolute atomic E-state index is 0.0851. The van der Waals surface area contributed by atoms with Gasteiger partial charge in [0.25, 0.3) is 0 Å². The summed E-state index contributed by atoms with van der Waals surface area (Å²) in [6.07, 6.45) is 0.581. The average molecular weight is 242 g/mol. The molecular formula is C3H7O3SSn. The van der Waals surface area contributed by atoms with Gasteiger partial charge >= 0.3 is 62.2 Å². The summed E-state index contributed by atoms with van der Waals surface area (Å²) in [6.45, 7) is 0. The normalized spacial score (nSPS) is 11.8. The Bertz CT molecular complexity index is 139. The summed E-state index contributed by atoms with van der Waals surface area (Å²) in [4.78, 5) is 0. The molecule has 0 aliphatic carbocycles. The number of hydrogen-bond donors (Lipinski definition) is 1. The van der Waals surface area contributed by atoms with E-state index in [0.29, 0.717) is 6.42 Å². The van der Waals surface area contributed by atoms with E-state index in [9.17, 15) is 8.42 Å². The van der Waals surface area contributed by atoms with Crippen LogP contribution < -0.4 is 0 Å². The molecule has 0 amide bonds. The molecule has 1 N–H and O–H groups in total. The van der Waals surface area contributed by atoms with E-state index in [1.54, 1.807) is 0 Å². The predicted octanol–water partition coefficient (Wildman–Crippen LogP) is -0.149. The van der Waals surface area contributed by atoms with Crippen molar-refractivity contribution in [3.63, 3.8) is 0 Å². The Hall–Kier alpha value is 0.709. The molecule has 0 saturated carbocycles. The molecule has 47 valence electrons. The van der Waals surface area contributed by atoms with Crippen molar-refractivity contribution in [1.29, 1.82) is 0 Å². The van der Waals surface area contributed by atoms with E-state index < -0.39 is 10.1 Å². The van der Waals surface area contributed by atoms with Crippen LogP contribution in [-0.2, 0) is 10.1 Å². The van der Waals surface area contributed by atoms with Gasteiger partial charge in [-0.15, -0.1) is 0 Å². The fraction of sp³-hybridized carbons (Fsp3) is 1.00. The van der Waals surface area contributed by atoms with Crippen LogP contribution in [-0.4, -0.2) is 41.2 Å². The van der Waals surface area contributed by atoms with Gasteiger partial charge in [-0.25, -0.2) is 0 Å².